The van der Waals surface area contributed by atoms with E-state index in [1.165, 1.54) is 6.33 Å². The van der Waals surface area contributed by atoms with Crippen LogP contribution in [-0.2, 0) is 0 Å². The van der Waals surface area contributed by atoms with Crippen LogP contribution < -0.4 is 4.52 Å². The first-order valence-electron chi connectivity index (χ1n) is 5.12. The van der Waals surface area contributed by atoms with Crippen molar-refractivity contribution in [2.75, 3.05) is 0 Å². The van der Waals surface area contributed by atoms with Crippen molar-refractivity contribution in [1.82, 2.24) is 19.5 Å². The molecule has 2 aromatic heterocycles. The Hall–Kier alpha value is -1.22. The van der Waals surface area contributed by atoms with Gasteiger partial charge in [0, 0.05) is 6.04 Å². The molecule has 0 amide bonds. The van der Waals surface area contributed by atoms with Gasteiger partial charge in [0.1, 0.15) is 6.33 Å². The summed E-state index contributed by atoms with van der Waals surface area (Å²) >= 11 is 0. The van der Waals surface area contributed by atoms with Gasteiger partial charge in [0.05, 0.1) is 18.2 Å². The second-order valence-electron chi connectivity index (χ2n) is 3.19. The lowest BCUT2D eigenvalue weighted by Gasteiger charge is -2.06. The van der Waals surface area contributed by atoms with Crippen LogP contribution in [0.15, 0.2) is 12.7 Å². The van der Waals surface area contributed by atoms with Crippen molar-refractivity contribution in [3.63, 3.8) is 0 Å². The van der Waals surface area contributed by atoms with Crippen molar-refractivity contribution in [2.24, 2.45) is 0 Å². The third-order valence-electron chi connectivity index (χ3n) is 1.97. The maximum atomic E-state index is 7.10. The largest absolute Gasteiger partial charge is 0.462 e. The van der Waals surface area contributed by atoms with Gasteiger partial charge in [-0.2, -0.15) is 4.98 Å². The summed E-state index contributed by atoms with van der Waals surface area (Å²) in [4.78, 5) is 12.2. The molecule has 0 radical (unpaired) electrons. The average Bonchev–Trinajstić information content (AvgIpc) is 2.61. The SMILES string of the molecule is [3H]P([3H])Oc1ncnc2c1ncn2C(C)C. The first kappa shape index (κ1) is 7.12. The predicted molar refractivity (Wildman–Crippen MR) is 56.0 cm³/mol. The molecular formula is C8H11N4OP. The molecule has 2 heterocycles. The van der Waals surface area contributed by atoms with Gasteiger partial charge in [0.2, 0.25) is 5.88 Å². The van der Waals surface area contributed by atoms with E-state index in [9.17, 15) is 0 Å². The Morgan fingerprint density at radius 1 is 1.50 bits per heavy atom. The minimum Gasteiger partial charge on any atom is -0.462 e. The molecule has 0 spiro atoms. The van der Waals surface area contributed by atoms with Crippen molar-refractivity contribution in [2.45, 2.75) is 19.9 Å². The summed E-state index contributed by atoms with van der Waals surface area (Å²) in [5, 5.41) is 0. The fourth-order valence-electron chi connectivity index (χ4n) is 1.28. The summed E-state index contributed by atoms with van der Waals surface area (Å²) in [5.74, 6) is 0.209. The summed E-state index contributed by atoms with van der Waals surface area (Å²) in [7, 11) is -2.00. The number of hydrogen-bond donors (Lipinski definition) is 0. The van der Waals surface area contributed by atoms with Crippen LogP contribution in [0.4, 0.5) is 0 Å². The molecule has 2 aromatic rings. The molecule has 0 aliphatic rings. The van der Waals surface area contributed by atoms with E-state index in [0.29, 0.717) is 11.2 Å². The third kappa shape index (κ3) is 1.34. The topological polar surface area (TPSA) is 52.8 Å². The molecule has 0 aliphatic carbocycles. The van der Waals surface area contributed by atoms with E-state index in [-0.39, 0.29) is 11.9 Å². The fourth-order valence-corrected chi connectivity index (χ4v) is 1.41. The first-order chi connectivity index (χ1) is 7.59. The second-order valence-corrected chi connectivity index (χ2v) is 3.37. The lowest BCUT2D eigenvalue weighted by atomic mass is 10.4. The predicted octanol–water partition coefficient (Wildman–Crippen LogP) is 1.58. The van der Waals surface area contributed by atoms with Gasteiger partial charge in [-0.3, -0.25) is 0 Å². The van der Waals surface area contributed by atoms with Crippen molar-refractivity contribution >= 4 is 20.5 Å². The summed E-state index contributed by atoms with van der Waals surface area (Å²) in [5.41, 5.74) is 1.17. The lowest BCUT2D eigenvalue weighted by Crippen LogP contribution is -1.99. The van der Waals surface area contributed by atoms with Gasteiger partial charge in [-0.25, -0.2) is 9.97 Å². The van der Waals surface area contributed by atoms with Gasteiger partial charge in [-0.1, -0.05) is 0 Å². The molecule has 0 N–H and O–H groups in total. The van der Waals surface area contributed by atoms with Gasteiger partial charge >= 0.3 is 0 Å². The molecule has 0 aromatic carbocycles. The zero-order valence-electron chi connectivity index (χ0n) is 9.88. The molecule has 0 unspecified atom stereocenters. The molecule has 0 saturated heterocycles. The highest BCUT2D eigenvalue weighted by molar-refractivity contribution is 7.10. The van der Waals surface area contributed by atoms with Gasteiger partial charge in [0.25, 0.3) is 0 Å². The van der Waals surface area contributed by atoms with Gasteiger partial charge in [-0.15, -0.1) is 0 Å². The number of aromatic nitrogens is 4. The van der Waals surface area contributed by atoms with E-state index in [1.54, 1.807) is 6.33 Å². The molecule has 0 saturated carbocycles. The van der Waals surface area contributed by atoms with Crippen LogP contribution in [0.2, 0.25) is 0 Å². The summed E-state index contributed by atoms with van der Waals surface area (Å²) < 4.78 is 21.1. The van der Waals surface area contributed by atoms with Crippen LogP contribution in [0.3, 0.4) is 0 Å². The fraction of sp³-hybridized carbons (Fsp3) is 0.375. The van der Waals surface area contributed by atoms with Crippen LogP contribution in [0.25, 0.3) is 11.2 Å². The Balaban J connectivity index is 2.53. The van der Waals surface area contributed by atoms with Crippen molar-refractivity contribution in [1.29, 1.82) is 2.56 Å². The molecular weight excluding hydrogens is 199 g/mol. The van der Waals surface area contributed by atoms with Gasteiger partial charge in [-0.05, 0) is 13.8 Å². The standard InChI is InChI=1S/C8H11N4OP/c1-5(2)12-4-11-6-7(12)9-3-10-8(6)13-14/h3-5H,14H2,1-2H3/i14T2. The monoisotopic (exact) mass is 214 g/mol. The quantitative estimate of drug-likeness (QED) is 0.728. The molecule has 0 bridgehead atoms. The first-order valence-corrected chi connectivity index (χ1v) is 4.59. The molecule has 14 heavy (non-hydrogen) atoms. The Bertz CT molecular complexity index is 502. The maximum absolute atomic E-state index is 7.10. The molecule has 2 rings (SSSR count). The number of imidazole rings is 1. The summed E-state index contributed by atoms with van der Waals surface area (Å²) in [6.45, 7) is 4.04. The Morgan fingerprint density at radius 2 is 2.36 bits per heavy atom. The lowest BCUT2D eigenvalue weighted by molar-refractivity contribution is 0.608. The zero-order chi connectivity index (χ0) is 11.7. The summed E-state index contributed by atoms with van der Waals surface area (Å²) in [6.07, 6.45) is 3.02. The number of hydrogen-bond acceptors (Lipinski definition) is 4. The summed E-state index contributed by atoms with van der Waals surface area (Å²) in [6, 6.07) is 0.237. The maximum Gasteiger partial charge on any atom is 0.247 e. The Labute approximate surface area is 86.4 Å². The smallest absolute Gasteiger partial charge is 0.247 e. The minimum absolute atomic E-state index is 0.209. The second kappa shape index (κ2) is 3.50. The van der Waals surface area contributed by atoms with E-state index >= 15 is 0 Å². The van der Waals surface area contributed by atoms with Crippen molar-refractivity contribution < 1.29 is 4.52 Å². The van der Waals surface area contributed by atoms with Crippen LogP contribution in [0.5, 0.6) is 5.88 Å². The van der Waals surface area contributed by atoms with Crippen molar-refractivity contribution in [3.8, 4) is 5.88 Å². The van der Waals surface area contributed by atoms with Crippen LogP contribution in [0, 0.1) is 0 Å². The van der Waals surface area contributed by atoms with Crippen molar-refractivity contribution in [3.05, 3.63) is 12.7 Å². The molecule has 0 atom stereocenters. The average molecular weight is 214 g/mol. The highest BCUT2D eigenvalue weighted by Gasteiger charge is 2.11. The van der Waals surface area contributed by atoms with E-state index < -0.39 is 9.36 Å². The van der Waals surface area contributed by atoms with Crippen LogP contribution >= 0.6 is 9.36 Å². The molecule has 6 heteroatoms. The van der Waals surface area contributed by atoms with Gasteiger partial charge in [0.15, 0.2) is 11.2 Å². The highest BCUT2D eigenvalue weighted by Crippen LogP contribution is 2.22. The van der Waals surface area contributed by atoms with E-state index in [4.69, 9.17) is 7.08 Å². The highest BCUT2D eigenvalue weighted by atomic mass is 31.0. The normalized spacial score (nSPS) is 13.4. The van der Waals surface area contributed by atoms with Crippen LogP contribution in [-0.4, -0.2) is 22.1 Å². The number of nitrogens with zero attached hydrogens (tertiary/aromatic N) is 4. The third-order valence-corrected chi connectivity index (χ3v) is 2.14. The van der Waals surface area contributed by atoms with E-state index in [2.05, 4.69) is 15.0 Å². The number of fused-ring (bicyclic) bond motifs is 1. The molecule has 5 nitrogen and oxygen atoms in total. The molecule has 0 aliphatic heterocycles. The van der Waals surface area contributed by atoms with E-state index in [0.717, 1.165) is 0 Å². The molecule has 74 valence electrons. The van der Waals surface area contributed by atoms with Gasteiger partial charge < -0.3 is 9.09 Å². The van der Waals surface area contributed by atoms with Crippen LogP contribution in [0.1, 0.15) is 19.9 Å². The zero-order valence-corrected chi connectivity index (χ0v) is 8.77. The number of rotatable bonds is 3. The van der Waals surface area contributed by atoms with E-state index in [1.807, 2.05) is 18.4 Å². The minimum atomic E-state index is -2.00. The Kier molecular flexibility index (Phi) is 1.78. The Morgan fingerprint density at radius 3 is 3.07 bits per heavy atom. The molecule has 0 fully saturated rings.